The van der Waals surface area contributed by atoms with Crippen molar-refractivity contribution in [1.29, 1.82) is 0 Å². The lowest BCUT2D eigenvalue weighted by Gasteiger charge is -2.10. The number of aliphatic hydroxyl groups is 1. The predicted octanol–water partition coefficient (Wildman–Crippen LogP) is 4.11. The number of carbonyl (C=O) groups excluding carboxylic acids is 1. The summed E-state index contributed by atoms with van der Waals surface area (Å²) in [6, 6.07) is 12.5. The van der Waals surface area contributed by atoms with Crippen molar-refractivity contribution in [3.05, 3.63) is 59.7 Å². The first-order valence-corrected chi connectivity index (χ1v) is 8.97. The van der Waals surface area contributed by atoms with Gasteiger partial charge in [0.25, 0.3) is 0 Å². The summed E-state index contributed by atoms with van der Waals surface area (Å²) in [6.07, 6.45) is 6.43. The maximum Gasteiger partial charge on any atom is 0.308 e. The number of allylic oxidation sites excluding steroid dienone is 1. The standard InChI is InChI=1S/C22H26O5/c1-16(23)27-20-12-8-17(9-13-20)5-3-4-6-19(24)11-7-18-10-14-21(25)22(15-18)26-2/h3,5,8-10,12-15,19,24-25H,4,6-7,11H2,1-2H3/b5-3+. The van der Waals surface area contributed by atoms with E-state index in [9.17, 15) is 15.0 Å². The molecule has 2 rings (SSSR count). The van der Waals surface area contributed by atoms with E-state index in [4.69, 9.17) is 9.47 Å². The Morgan fingerprint density at radius 1 is 1.15 bits per heavy atom. The van der Waals surface area contributed by atoms with Crippen LogP contribution >= 0.6 is 0 Å². The van der Waals surface area contributed by atoms with Crippen LogP contribution in [0, 0.1) is 0 Å². The van der Waals surface area contributed by atoms with Gasteiger partial charge in [0.2, 0.25) is 0 Å². The Labute approximate surface area is 159 Å². The molecule has 1 unspecified atom stereocenters. The van der Waals surface area contributed by atoms with E-state index in [2.05, 4.69) is 0 Å². The van der Waals surface area contributed by atoms with Crippen LogP contribution in [-0.4, -0.2) is 29.4 Å². The second-order valence-electron chi connectivity index (χ2n) is 6.34. The number of esters is 1. The molecule has 5 heteroatoms. The molecule has 1 atom stereocenters. The van der Waals surface area contributed by atoms with Crippen LogP contribution in [0.3, 0.4) is 0 Å². The van der Waals surface area contributed by atoms with E-state index in [0.29, 0.717) is 24.3 Å². The number of phenols is 1. The molecule has 0 radical (unpaired) electrons. The Morgan fingerprint density at radius 2 is 1.89 bits per heavy atom. The summed E-state index contributed by atoms with van der Waals surface area (Å²) in [4.78, 5) is 10.9. The minimum Gasteiger partial charge on any atom is -0.504 e. The van der Waals surface area contributed by atoms with Crippen LogP contribution < -0.4 is 9.47 Å². The Balaban J connectivity index is 1.73. The molecule has 0 aliphatic carbocycles. The molecule has 2 N–H and O–H groups in total. The SMILES string of the molecule is COc1cc(CCC(O)CC/C=C/c2ccc(OC(C)=O)cc2)ccc1O. The number of aliphatic hydroxyl groups excluding tert-OH is 1. The van der Waals surface area contributed by atoms with Crippen LogP contribution in [0.15, 0.2) is 48.5 Å². The van der Waals surface area contributed by atoms with Crippen LogP contribution in [0.2, 0.25) is 0 Å². The number of rotatable bonds is 9. The number of benzene rings is 2. The van der Waals surface area contributed by atoms with Gasteiger partial charge in [-0.2, -0.15) is 0 Å². The molecule has 2 aromatic rings. The second kappa shape index (κ2) is 10.4. The molecule has 0 heterocycles. The summed E-state index contributed by atoms with van der Waals surface area (Å²) in [5.41, 5.74) is 2.03. The molecular formula is C22H26O5. The van der Waals surface area contributed by atoms with E-state index >= 15 is 0 Å². The zero-order valence-electron chi connectivity index (χ0n) is 15.7. The fourth-order valence-corrected chi connectivity index (χ4v) is 2.68. The summed E-state index contributed by atoms with van der Waals surface area (Å²) in [7, 11) is 1.52. The lowest BCUT2D eigenvalue weighted by Crippen LogP contribution is -2.07. The molecule has 0 aliphatic heterocycles. The molecule has 0 spiro atoms. The number of ether oxygens (including phenoxy) is 2. The van der Waals surface area contributed by atoms with Gasteiger partial charge in [-0.25, -0.2) is 0 Å². The highest BCUT2D eigenvalue weighted by molar-refractivity contribution is 5.69. The average molecular weight is 370 g/mol. The van der Waals surface area contributed by atoms with Gasteiger partial charge >= 0.3 is 5.97 Å². The molecule has 27 heavy (non-hydrogen) atoms. The highest BCUT2D eigenvalue weighted by atomic mass is 16.5. The summed E-state index contributed by atoms with van der Waals surface area (Å²) < 4.78 is 10.1. The van der Waals surface area contributed by atoms with E-state index in [0.717, 1.165) is 24.0 Å². The van der Waals surface area contributed by atoms with Crippen molar-refractivity contribution in [2.45, 2.75) is 38.7 Å². The van der Waals surface area contributed by atoms with Crippen LogP contribution in [0.5, 0.6) is 17.2 Å². The summed E-state index contributed by atoms with van der Waals surface area (Å²) >= 11 is 0. The van der Waals surface area contributed by atoms with E-state index in [1.54, 1.807) is 24.3 Å². The fraction of sp³-hybridized carbons (Fsp3) is 0.318. The predicted molar refractivity (Wildman–Crippen MR) is 105 cm³/mol. The van der Waals surface area contributed by atoms with Crippen LogP contribution in [-0.2, 0) is 11.2 Å². The largest absolute Gasteiger partial charge is 0.504 e. The van der Waals surface area contributed by atoms with Crippen molar-refractivity contribution in [1.82, 2.24) is 0 Å². The van der Waals surface area contributed by atoms with Crippen molar-refractivity contribution in [3.8, 4) is 17.2 Å². The van der Waals surface area contributed by atoms with Gasteiger partial charge in [-0.05, 0) is 61.1 Å². The molecule has 144 valence electrons. The van der Waals surface area contributed by atoms with Crippen LogP contribution in [0.1, 0.15) is 37.3 Å². The van der Waals surface area contributed by atoms with Crippen LogP contribution in [0.25, 0.3) is 6.08 Å². The summed E-state index contributed by atoms with van der Waals surface area (Å²) in [5, 5.41) is 19.7. The van der Waals surface area contributed by atoms with Crippen molar-refractivity contribution < 1.29 is 24.5 Å². The first kappa shape index (κ1) is 20.5. The first-order valence-electron chi connectivity index (χ1n) is 8.97. The van der Waals surface area contributed by atoms with Gasteiger partial charge in [0.05, 0.1) is 13.2 Å². The van der Waals surface area contributed by atoms with E-state index in [1.807, 2.05) is 30.4 Å². The Bertz CT molecular complexity index is 765. The first-order chi connectivity index (χ1) is 13.0. The number of methoxy groups -OCH3 is 1. The maximum atomic E-state index is 10.9. The van der Waals surface area contributed by atoms with E-state index in [-0.39, 0.29) is 17.8 Å². The highest BCUT2D eigenvalue weighted by Crippen LogP contribution is 2.27. The normalized spacial score (nSPS) is 12.1. The Morgan fingerprint density at radius 3 is 2.56 bits per heavy atom. The lowest BCUT2D eigenvalue weighted by atomic mass is 10.0. The van der Waals surface area contributed by atoms with Crippen molar-refractivity contribution in [2.24, 2.45) is 0 Å². The maximum absolute atomic E-state index is 10.9. The van der Waals surface area contributed by atoms with Gasteiger partial charge < -0.3 is 19.7 Å². The van der Waals surface area contributed by atoms with Gasteiger partial charge in [-0.1, -0.05) is 30.4 Å². The lowest BCUT2D eigenvalue weighted by molar-refractivity contribution is -0.131. The number of aryl methyl sites for hydroxylation is 1. The second-order valence-corrected chi connectivity index (χ2v) is 6.34. The van der Waals surface area contributed by atoms with Crippen molar-refractivity contribution >= 4 is 12.0 Å². The summed E-state index contributed by atoms with van der Waals surface area (Å²) in [6.45, 7) is 1.37. The summed E-state index contributed by atoms with van der Waals surface area (Å²) in [5.74, 6) is 0.761. The minimum absolute atomic E-state index is 0.118. The van der Waals surface area contributed by atoms with Gasteiger partial charge in [0, 0.05) is 6.92 Å². The molecule has 0 aliphatic rings. The molecule has 0 saturated carbocycles. The minimum atomic E-state index is -0.388. The molecule has 2 aromatic carbocycles. The Kier molecular flexibility index (Phi) is 7.89. The molecule has 5 nitrogen and oxygen atoms in total. The quantitative estimate of drug-likeness (QED) is 0.513. The van der Waals surface area contributed by atoms with Gasteiger partial charge in [0.15, 0.2) is 11.5 Å². The number of hydrogen-bond donors (Lipinski definition) is 2. The molecule has 0 amide bonds. The molecule has 0 bridgehead atoms. The van der Waals surface area contributed by atoms with Gasteiger partial charge in [-0.3, -0.25) is 4.79 Å². The zero-order valence-corrected chi connectivity index (χ0v) is 15.7. The fourth-order valence-electron chi connectivity index (χ4n) is 2.68. The highest BCUT2D eigenvalue weighted by Gasteiger charge is 2.06. The van der Waals surface area contributed by atoms with Crippen LogP contribution in [0.4, 0.5) is 0 Å². The van der Waals surface area contributed by atoms with Crippen molar-refractivity contribution in [3.63, 3.8) is 0 Å². The Hall–Kier alpha value is -2.79. The van der Waals surface area contributed by atoms with Gasteiger partial charge in [0.1, 0.15) is 5.75 Å². The number of phenolic OH excluding ortho intramolecular Hbond substituents is 1. The molecule has 0 saturated heterocycles. The molecule has 0 aromatic heterocycles. The topological polar surface area (TPSA) is 76.0 Å². The third-order valence-electron chi connectivity index (χ3n) is 4.13. The number of hydrogen-bond acceptors (Lipinski definition) is 5. The number of carbonyl (C=O) groups is 1. The van der Waals surface area contributed by atoms with Gasteiger partial charge in [-0.15, -0.1) is 0 Å². The van der Waals surface area contributed by atoms with E-state index < -0.39 is 0 Å². The molecular weight excluding hydrogens is 344 g/mol. The van der Waals surface area contributed by atoms with E-state index in [1.165, 1.54) is 14.0 Å². The molecule has 0 fully saturated rings. The number of aromatic hydroxyl groups is 1. The third-order valence-corrected chi connectivity index (χ3v) is 4.13. The monoisotopic (exact) mass is 370 g/mol. The third kappa shape index (κ3) is 7.15. The van der Waals surface area contributed by atoms with Crippen molar-refractivity contribution in [2.75, 3.05) is 7.11 Å². The smallest absolute Gasteiger partial charge is 0.308 e. The average Bonchev–Trinajstić information content (AvgIpc) is 2.65. The zero-order chi connectivity index (χ0) is 19.6.